The summed E-state index contributed by atoms with van der Waals surface area (Å²) in [7, 11) is 5.05. The van der Waals surface area contributed by atoms with Crippen LogP contribution >= 0.6 is 0 Å². The largest absolute Gasteiger partial charge is 0.497 e. The molecule has 9 heteroatoms. The number of aromatic nitrogens is 4. The van der Waals surface area contributed by atoms with E-state index in [2.05, 4.69) is 10.3 Å². The number of hydrogen-bond acceptors (Lipinski definition) is 6. The van der Waals surface area contributed by atoms with Crippen molar-refractivity contribution in [3.8, 4) is 11.5 Å². The zero-order chi connectivity index (χ0) is 25.2. The molecular formula is C27H29N5O4. The van der Waals surface area contributed by atoms with Crippen LogP contribution < -0.4 is 20.3 Å². The van der Waals surface area contributed by atoms with Crippen molar-refractivity contribution >= 4 is 16.8 Å². The Kier molecular flexibility index (Phi) is 6.45. The molecule has 1 atom stereocenters. The van der Waals surface area contributed by atoms with E-state index >= 15 is 0 Å². The van der Waals surface area contributed by atoms with Crippen molar-refractivity contribution in [2.24, 2.45) is 7.05 Å². The van der Waals surface area contributed by atoms with Crippen LogP contribution in [0, 0.1) is 0 Å². The number of rotatable bonds is 9. The van der Waals surface area contributed by atoms with Crippen molar-refractivity contribution in [3.05, 3.63) is 82.4 Å². The van der Waals surface area contributed by atoms with E-state index in [0.29, 0.717) is 40.5 Å². The average Bonchev–Trinajstić information content (AvgIpc) is 3.65. The van der Waals surface area contributed by atoms with E-state index in [-0.39, 0.29) is 23.9 Å². The lowest BCUT2D eigenvalue weighted by Crippen LogP contribution is -2.32. The minimum Gasteiger partial charge on any atom is -0.497 e. The van der Waals surface area contributed by atoms with Crippen molar-refractivity contribution in [2.75, 3.05) is 14.2 Å². The summed E-state index contributed by atoms with van der Waals surface area (Å²) in [6.07, 6.45) is 5.98. The molecule has 2 aromatic heterocycles. The Labute approximate surface area is 208 Å². The number of imidazole rings is 1. The Bertz CT molecular complexity index is 1450. The summed E-state index contributed by atoms with van der Waals surface area (Å²) in [5.41, 5.74) is 1.41. The van der Waals surface area contributed by atoms with Crippen LogP contribution in [0.15, 0.2) is 59.7 Å². The van der Waals surface area contributed by atoms with Crippen LogP contribution in [-0.2, 0) is 18.3 Å². The van der Waals surface area contributed by atoms with Crippen LogP contribution in [0.5, 0.6) is 11.5 Å². The van der Waals surface area contributed by atoms with Gasteiger partial charge in [-0.05, 0) is 42.7 Å². The molecule has 0 saturated heterocycles. The van der Waals surface area contributed by atoms with Crippen LogP contribution in [0.3, 0.4) is 0 Å². The predicted molar refractivity (Wildman–Crippen MR) is 135 cm³/mol. The van der Waals surface area contributed by atoms with E-state index in [1.807, 2.05) is 48.1 Å². The van der Waals surface area contributed by atoms with Crippen LogP contribution in [-0.4, -0.2) is 39.2 Å². The highest BCUT2D eigenvalue weighted by molar-refractivity contribution is 5.78. The highest BCUT2D eigenvalue weighted by Gasteiger charge is 2.29. The first-order valence-electron chi connectivity index (χ1n) is 12.0. The molecule has 2 heterocycles. The third-order valence-electron chi connectivity index (χ3n) is 6.50. The molecule has 36 heavy (non-hydrogen) atoms. The number of carbonyl (C=O) groups is 1. The summed E-state index contributed by atoms with van der Waals surface area (Å²) < 4.78 is 14.5. The Morgan fingerprint density at radius 1 is 1.14 bits per heavy atom. The van der Waals surface area contributed by atoms with Gasteiger partial charge in [-0.2, -0.15) is 0 Å². The molecule has 0 aliphatic heterocycles. The fourth-order valence-corrected chi connectivity index (χ4v) is 4.48. The first-order chi connectivity index (χ1) is 17.5. The van der Waals surface area contributed by atoms with Gasteiger partial charge in [0, 0.05) is 44.4 Å². The molecule has 2 aromatic carbocycles. The van der Waals surface area contributed by atoms with Gasteiger partial charge in [0.25, 0.3) is 5.56 Å². The normalized spacial score (nSPS) is 14.0. The summed E-state index contributed by atoms with van der Waals surface area (Å²) in [5.74, 6) is 2.39. The molecule has 1 N–H and O–H groups in total. The van der Waals surface area contributed by atoms with Crippen LogP contribution in [0.2, 0.25) is 0 Å². The maximum atomic E-state index is 13.2. The van der Waals surface area contributed by atoms with Crippen LogP contribution in [0.25, 0.3) is 10.9 Å². The van der Waals surface area contributed by atoms with Crippen molar-refractivity contribution in [2.45, 2.75) is 37.8 Å². The zero-order valence-electron chi connectivity index (χ0n) is 20.6. The molecule has 0 bridgehead atoms. The third-order valence-corrected chi connectivity index (χ3v) is 6.50. The number of methoxy groups -OCH3 is 2. The standard InChI is InChI=1S/C27H29N5O4/c1-31-13-12-28-26(31)25(17-14-19(35-2)16-20(15-17)36-3)30-24(33)11-10-23-29-22-7-5-4-6-21(22)27(34)32(23)18-8-9-18/h4-7,12-16,18,25H,8-11H2,1-3H3,(H,30,33). The van der Waals surface area contributed by atoms with Crippen molar-refractivity contribution in [1.82, 2.24) is 24.4 Å². The van der Waals surface area contributed by atoms with Crippen LogP contribution in [0.4, 0.5) is 0 Å². The van der Waals surface area contributed by atoms with E-state index in [0.717, 1.165) is 18.4 Å². The third kappa shape index (κ3) is 4.68. The number of fused-ring (bicyclic) bond motifs is 1. The number of benzene rings is 2. The average molecular weight is 488 g/mol. The van der Waals surface area contributed by atoms with Crippen molar-refractivity contribution in [1.29, 1.82) is 0 Å². The molecule has 186 valence electrons. The van der Waals surface area contributed by atoms with E-state index in [1.54, 1.807) is 37.1 Å². The number of ether oxygens (including phenoxy) is 2. The fraction of sp³-hybridized carbons (Fsp3) is 0.333. The first kappa shape index (κ1) is 23.6. The fourth-order valence-electron chi connectivity index (χ4n) is 4.48. The van der Waals surface area contributed by atoms with Gasteiger partial charge in [0.15, 0.2) is 0 Å². The van der Waals surface area contributed by atoms with Gasteiger partial charge in [-0.25, -0.2) is 9.97 Å². The number of para-hydroxylation sites is 1. The lowest BCUT2D eigenvalue weighted by atomic mass is 10.0. The lowest BCUT2D eigenvalue weighted by molar-refractivity contribution is -0.121. The number of nitrogens with one attached hydrogen (secondary N) is 1. The molecule has 9 nitrogen and oxygen atoms in total. The summed E-state index contributed by atoms with van der Waals surface area (Å²) in [6, 6.07) is 12.5. The molecule has 1 aliphatic carbocycles. The Morgan fingerprint density at radius 3 is 2.50 bits per heavy atom. The minimum absolute atomic E-state index is 0.0344. The van der Waals surface area contributed by atoms with E-state index in [1.165, 1.54) is 0 Å². The van der Waals surface area contributed by atoms with Gasteiger partial charge >= 0.3 is 0 Å². The van der Waals surface area contributed by atoms with Gasteiger partial charge in [0.1, 0.15) is 29.2 Å². The molecule has 5 rings (SSSR count). The molecule has 1 fully saturated rings. The second-order valence-electron chi connectivity index (χ2n) is 8.99. The monoisotopic (exact) mass is 487 g/mol. The highest BCUT2D eigenvalue weighted by atomic mass is 16.5. The molecule has 0 radical (unpaired) electrons. The molecule has 1 unspecified atom stereocenters. The Hall–Kier alpha value is -4.14. The van der Waals surface area contributed by atoms with Crippen molar-refractivity contribution < 1.29 is 14.3 Å². The SMILES string of the molecule is COc1cc(OC)cc(C(NC(=O)CCc2nc3ccccc3c(=O)n2C2CC2)c2nccn2C)c1. The number of nitrogens with zero attached hydrogens (tertiary/aromatic N) is 4. The molecular weight excluding hydrogens is 458 g/mol. The van der Waals surface area contributed by atoms with Crippen LogP contribution in [0.1, 0.15) is 48.6 Å². The van der Waals surface area contributed by atoms with Gasteiger partial charge in [-0.3, -0.25) is 14.2 Å². The van der Waals surface area contributed by atoms with Gasteiger partial charge in [0.05, 0.1) is 25.1 Å². The Balaban J connectivity index is 1.42. The number of carbonyl (C=O) groups excluding carboxylic acids is 1. The smallest absolute Gasteiger partial charge is 0.261 e. The van der Waals surface area contributed by atoms with Gasteiger partial charge in [-0.15, -0.1) is 0 Å². The quantitative estimate of drug-likeness (QED) is 0.389. The number of amides is 1. The Morgan fingerprint density at radius 2 is 1.86 bits per heavy atom. The number of hydrogen-bond donors (Lipinski definition) is 1. The number of aryl methyl sites for hydroxylation is 2. The summed E-state index contributed by atoms with van der Waals surface area (Å²) >= 11 is 0. The van der Waals surface area contributed by atoms with E-state index in [9.17, 15) is 9.59 Å². The van der Waals surface area contributed by atoms with Crippen molar-refractivity contribution in [3.63, 3.8) is 0 Å². The lowest BCUT2D eigenvalue weighted by Gasteiger charge is -2.21. The van der Waals surface area contributed by atoms with Gasteiger partial charge in [-0.1, -0.05) is 12.1 Å². The summed E-state index contributed by atoms with van der Waals surface area (Å²) in [6.45, 7) is 0. The predicted octanol–water partition coefficient (Wildman–Crippen LogP) is 3.32. The van der Waals surface area contributed by atoms with Gasteiger partial charge < -0.3 is 19.4 Å². The first-order valence-corrected chi connectivity index (χ1v) is 12.0. The minimum atomic E-state index is -0.517. The molecule has 1 amide bonds. The maximum absolute atomic E-state index is 13.2. The zero-order valence-corrected chi connectivity index (χ0v) is 20.6. The van der Waals surface area contributed by atoms with E-state index < -0.39 is 6.04 Å². The topological polar surface area (TPSA) is 100 Å². The summed E-state index contributed by atoms with van der Waals surface area (Å²) in [5, 5.41) is 3.73. The molecule has 4 aromatic rings. The maximum Gasteiger partial charge on any atom is 0.261 e. The highest BCUT2D eigenvalue weighted by Crippen LogP contribution is 2.35. The summed E-state index contributed by atoms with van der Waals surface area (Å²) in [4.78, 5) is 35.6. The van der Waals surface area contributed by atoms with E-state index in [4.69, 9.17) is 14.5 Å². The second kappa shape index (κ2) is 9.85. The molecule has 1 saturated carbocycles. The second-order valence-corrected chi connectivity index (χ2v) is 8.99. The molecule has 1 aliphatic rings. The molecule has 0 spiro atoms. The van der Waals surface area contributed by atoms with Gasteiger partial charge in [0.2, 0.25) is 5.91 Å².